The third-order valence-electron chi connectivity index (χ3n) is 2.15. The summed E-state index contributed by atoms with van der Waals surface area (Å²) in [5.74, 6) is 0.120. The number of aromatic nitrogens is 1. The first-order chi connectivity index (χ1) is 6.95. The Morgan fingerprint density at radius 2 is 2.27 bits per heavy atom. The molecule has 1 rings (SSSR count). The Kier molecular flexibility index (Phi) is 3.99. The van der Waals surface area contributed by atoms with Crippen LogP contribution in [0.25, 0.3) is 0 Å². The fourth-order valence-corrected chi connectivity index (χ4v) is 2.17. The van der Waals surface area contributed by atoms with Crippen molar-refractivity contribution in [1.29, 1.82) is 0 Å². The van der Waals surface area contributed by atoms with Crippen molar-refractivity contribution in [3.8, 4) is 0 Å². The molecule has 1 aromatic heterocycles. The van der Waals surface area contributed by atoms with Gasteiger partial charge in [0.2, 0.25) is 0 Å². The van der Waals surface area contributed by atoms with Gasteiger partial charge in [-0.2, -0.15) is 0 Å². The summed E-state index contributed by atoms with van der Waals surface area (Å²) in [4.78, 5) is 16.9. The lowest BCUT2D eigenvalue weighted by Crippen LogP contribution is -2.37. The number of hydrogen-bond donors (Lipinski definition) is 0. The van der Waals surface area contributed by atoms with Crippen LogP contribution in [-0.4, -0.2) is 24.0 Å². The van der Waals surface area contributed by atoms with Gasteiger partial charge >= 0.3 is 0 Å². The average Bonchev–Trinajstić information content (AvgIpc) is 2.54. The van der Waals surface area contributed by atoms with Crippen molar-refractivity contribution in [2.75, 3.05) is 7.11 Å². The van der Waals surface area contributed by atoms with Gasteiger partial charge in [0.05, 0.1) is 5.51 Å². The summed E-state index contributed by atoms with van der Waals surface area (Å²) in [6.45, 7) is 6.02. The summed E-state index contributed by atoms with van der Waals surface area (Å²) < 4.78 is 5.26. The Morgan fingerprint density at radius 1 is 1.60 bits per heavy atom. The summed E-state index contributed by atoms with van der Waals surface area (Å²) in [5, 5.41) is 0. The number of ether oxygens (including phenoxy) is 1. The summed E-state index contributed by atoms with van der Waals surface area (Å²) in [5.41, 5.74) is 1.58. The molecule has 0 spiro atoms. The molecule has 0 aromatic carbocycles. The van der Waals surface area contributed by atoms with Crippen molar-refractivity contribution >= 4 is 17.1 Å². The van der Waals surface area contributed by atoms with E-state index in [0.717, 1.165) is 4.88 Å². The lowest BCUT2D eigenvalue weighted by Gasteiger charge is -2.27. The largest absolute Gasteiger partial charge is 0.373 e. The Bertz CT molecular complexity index is 314. The minimum atomic E-state index is -0.348. The van der Waals surface area contributed by atoms with Crippen molar-refractivity contribution < 1.29 is 9.53 Å². The van der Waals surface area contributed by atoms with E-state index in [9.17, 15) is 4.79 Å². The third kappa shape index (κ3) is 3.39. The number of carbonyl (C=O) groups is 1. The first-order valence-electron chi connectivity index (χ1n) is 4.88. The zero-order chi connectivity index (χ0) is 11.5. The molecule has 1 atom stereocenters. The van der Waals surface area contributed by atoms with Gasteiger partial charge in [-0.25, -0.2) is 0 Å². The molecule has 0 radical (unpaired) electrons. The highest BCUT2D eigenvalue weighted by atomic mass is 32.1. The normalized spacial score (nSPS) is 13.9. The molecule has 0 bridgehead atoms. The molecule has 1 unspecified atom stereocenters. The van der Waals surface area contributed by atoms with Gasteiger partial charge in [0.25, 0.3) is 0 Å². The molecule has 84 valence electrons. The Morgan fingerprint density at radius 3 is 2.67 bits per heavy atom. The van der Waals surface area contributed by atoms with Crippen LogP contribution >= 0.6 is 11.3 Å². The number of hydrogen-bond acceptors (Lipinski definition) is 4. The highest BCUT2D eigenvalue weighted by molar-refractivity contribution is 7.09. The summed E-state index contributed by atoms with van der Waals surface area (Å²) in [6.07, 6.45) is 1.80. The summed E-state index contributed by atoms with van der Waals surface area (Å²) >= 11 is 1.50. The van der Waals surface area contributed by atoms with Crippen LogP contribution < -0.4 is 0 Å². The van der Waals surface area contributed by atoms with Crippen LogP contribution in [0.3, 0.4) is 0 Å². The van der Waals surface area contributed by atoms with Crippen LogP contribution in [0.5, 0.6) is 0 Å². The van der Waals surface area contributed by atoms with Gasteiger partial charge in [-0.1, -0.05) is 20.8 Å². The quantitative estimate of drug-likeness (QED) is 0.792. The van der Waals surface area contributed by atoms with Crippen molar-refractivity contribution in [3.05, 3.63) is 16.6 Å². The lowest BCUT2D eigenvalue weighted by atomic mass is 9.85. The minimum Gasteiger partial charge on any atom is -0.373 e. The number of ketones is 1. The van der Waals surface area contributed by atoms with E-state index in [1.54, 1.807) is 18.8 Å². The third-order valence-corrected chi connectivity index (χ3v) is 2.93. The van der Waals surface area contributed by atoms with Crippen molar-refractivity contribution in [1.82, 2.24) is 4.98 Å². The molecule has 1 aromatic rings. The molecule has 0 saturated carbocycles. The predicted molar refractivity (Wildman–Crippen MR) is 61.1 cm³/mol. The van der Waals surface area contributed by atoms with Crippen molar-refractivity contribution in [2.45, 2.75) is 33.3 Å². The van der Waals surface area contributed by atoms with E-state index in [2.05, 4.69) is 4.98 Å². The number of methoxy groups -OCH3 is 1. The topological polar surface area (TPSA) is 39.2 Å². The zero-order valence-corrected chi connectivity index (χ0v) is 10.4. The molecule has 0 aliphatic heterocycles. The second-order valence-electron chi connectivity index (χ2n) is 4.59. The molecule has 0 saturated heterocycles. The Labute approximate surface area is 94.5 Å². The van der Waals surface area contributed by atoms with E-state index in [-0.39, 0.29) is 17.3 Å². The standard InChI is InChI=1S/C11H17NO2S/c1-11(2,3)10(14-4)9(13)5-8-6-12-7-15-8/h6-7,10H,5H2,1-4H3. The van der Waals surface area contributed by atoms with Crippen LogP contribution in [0.1, 0.15) is 25.6 Å². The van der Waals surface area contributed by atoms with E-state index in [1.165, 1.54) is 11.3 Å². The molecule has 0 aliphatic carbocycles. The minimum absolute atomic E-state index is 0.120. The Hall–Kier alpha value is -0.740. The number of nitrogens with zero attached hydrogens (tertiary/aromatic N) is 1. The fraction of sp³-hybridized carbons (Fsp3) is 0.636. The predicted octanol–water partition coefficient (Wildman–Crippen LogP) is 2.32. The maximum atomic E-state index is 11.9. The fourth-order valence-electron chi connectivity index (χ4n) is 1.56. The first kappa shape index (κ1) is 12.3. The van der Waals surface area contributed by atoms with E-state index in [4.69, 9.17) is 4.74 Å². The highest BCUT2D eigenvalue weighted by Crippen LogP contribution is 2.24. The van der Waals surface area contributed by atoms with Crippen LogP contribution in [0.4, 0.5) is 0 Å². The van der Waals surface area contributed by atoms with E-state index in [0.29, 0.717) is 6.42 Å². The highest BCUT2D eigenvalue weighted by Gasteiger charge is 2.30. The second-order valence-corrected chi connectivity index (χ2v) is 5.56. The molecule has 0 N–H and O–H groups in total. The molecular weight excluding hydrogens is 210 g/mol. The van der Waals surface area contributed by atoms with Crippen LogP contribution in [0.15, 0.2) is 11.7 Å². The van der Waals surface area contributed by atoms with Gasteiger partial charge < -0.3 is 4.74 Å². The van der Waals surface area contributed by atoms with Crippen molar-refractivity contribution in [2.24, 2.45) is 5.41 Å². The smallest absolute Gasteiger partial charge is 0.167 e. The van der Waals surface area contributed by atoms with Gasteiger partial charge in [-0.05, 0) is 5.41 Å². The van der Waals surface area contributed by atoms with Gasteiger partial charge in [0.1, 0.15) is 6.10 Å². The Balaban J connectivity index is 2.67. The summed E-state index contributed by atoms with van der Waals surface area (Å²) in [6, 6.07) is 0. The van der Waals surface area contributed by atoms with E-state index >= 15 is 0 Å². The zero-order valence-electron chi connectivity index (χ0n) is 9.61. The van der Waals surface area contributed by atoms with Gasteiger partial charge in [-0.3, -0.25) is 9.78 Å². The molecule has 3 nitrogen and oxygen atoms in total. The monoisotopic (exact) mass is 227 g/mol. The van der Waals surface area contributed by atoms with Gasteiger partial charge in [-0.15, -0.1) is 11.3 Å². The molecule has 15 heavy (non-hydrogen) atoms. The summed E-state index contributed by atoms with van der Waals surface area (Å²) in [7, 11) is 1.58. The van der Waals surface area contributed by atoms with Gasteiger partial charge in [0.15, 0.2) is 5.78 Å². The number of thiazole rings is 1. The number of carbonyl (C=O) groups excluding carboxylic acids is 1. The van der Waals surface area contributed by atoms with Crippen LogP contribution in [0, 0.1) is 5.41 Å². The first-order valence-corrected chi connectivity index (χ1v) is 5.76. The van der Waals surface area contributed by atoms with E-state index in [1.807, 2.05) is 20.8 Å². The molecule has 1 heterocycles. The second kappa shape index (κ2) is 4.86. The molecule has 0 aliphatic rings. The van der Waals surface area contributed by atoms with Crippen LogP contribution in [0.2, 0.25) is 0 Å². The molecule has 4 heteroatoms. The SMILES string of the molecule is COC(C(=O)Cc1cncs1)C(C)(C)C. The lowest BCUT2D eigenvalue weighted by molar-refractivity contribution is -0.134. The maximum Gasteiger partial charge on any atom is 0.167 e. The number of rotatable bonds is 4. The van der Waals surface area contributed by atoms with Crippen LogP contribution in [-0.2, 0) is 16.0 Å². The number of Topliss-reactive ketones (excluding diaryl/α,β-unsaturated/α-hetero) is 1. The molecular formula is C11H17NO2S. The van der Waals surface area contributed by atoms with Crippen molar-refractivity contribution in [3.63, 3.8) is 0 Å². The maximum absolute atomic E-state index is 11.9. The van der Waals surface area contributed by atoms with E-state index < -0.39 is 0 Å². The average molecular weight is 227 g/mol. The molecule has 0 fully saturated rings. The molecule has 0 amide bonds. The van der Waals surface area contributed by atoms with Gasteiger partial charge in [0, 0.05) is 24.6 Å².